The largest absolute Gasteiger partial charge is 0.460 e. The maximum Gasteiger partial charge on any atom is 0.303 e. The Morgan fingerprint density at radius 2 is 2.00 bits per heavy atom. The molecular formula is C10H22N2O2. The number of carbonyl (C=O) groups is 1. The van der Waals surface area contributed by atoms with Crippen LogP contribution in [0.15, 0.2) is 0 Å². The van der Waals surface area contributed by atoms with Crippen molar-refractivity contribution in [3.63, 3.8) is 0 Å². The molecule has 1 fully saturated rings. The van der Waals surface area contributed by atoms with Crippen molar-refractivity contribution in [3.8, 4) is 0 Å². The first kappa shape index (κ1) is 13.4. The number of ether oxygens (including phenoxy) is 1. The van der Waals surface area contributed by atoms with Gasteiger partial charge in [0, 0.05) is 19.5 Å². The summed E-state index contributed by atoms with van der Waals surface area (Å²) in [5.74, 6) is -0.225. The van der Waals surface area contributed by atoms with E-state index in [1.807, 2.05) is 20.8 Å². The lowest BCUT2D eigenvalue weighted by molar-refractivity contribution is -0.151. The summed E-state index contributed by atoms with van der Waals surface area (Å²) in [7, 11) is 0. The van der Waals surface area contributed by atoms with E-state index in [4.69, 9.17) is 4.74 Å². The van der Waals surface area contributed by atoms with Gasteiger partial charge in [0.25, 0.3) is 0 Å². The van der Waals surface area contributed by atoms with E-state index in [-0.39, 0.29) is 11.6 Å². The van der Waals surface area contributed by atoms with Crippen LogP contribution in [-0.4, -0.2) is 24.2 Å². The topological polar surface area (TPSA) is 50.4 Å². The monoisotopic (exact) mass is 202 g/mol. The third-order valence-corrected chi connectivity index (χ3v) is 1.50. The SMILES string of the molecule is CC(=O)OC(C)(C)C.CC1CCNN1. The molecule has 0 radical (unpaired) electrons. The molecule has 0 aromatic carbocycles. The number of esters is 1. The lowest BCUT2D eigenvalue weighted by Gasteiger charge is -2.17. The minimum Gasteiger partial charge on any atom is -0.460 e. The van der Waals surface area contributed by atoms with Crippen molar-refractivity contribution in [1.29, 1.82) is 0 Å². The molecule has 1 aliphatic rings. The molecule has 0 aromatic heterocycles. The molecule has 84 valence electrons. The van der Waals surface area contributed by atoms with Gasteiger partial charge in [-0.05, 0) is 34.1 Å². The first-order valence-electron chi connectivity index (χ1n) is 4.99. The quantitative estimate of drug-likeness (QED) is 0.580. The Morgan fingerprint density at radius 3 is 2.07 bits per heavy atom. The second kappa shape index (κ2) is 5.98. The first-order valence-corrected chi connectivity index (χ1v) is 4.99. The van der Waals surface area contributed by atoms with Crippen LogP contribution < -0.4 is 10.9 Å². The number of hydrogen-bond acceptors (Lipinski definition) is 4. The maximum absolute atomic E-state index is 10.2. The van der Waals surface area contributed by atoms with E-state index < -0.39 is 0 Å². The highest BCUT2D eigenvalue weighted by molar-refractivity contribution is 5.66. The van der Waals surface area contributed by atoms with Gasteiger partial charge >= 0.3 is 5.97 Å². The van der Waals surface area contributed by atoms with Crippen molar-refractivity contribution < 1.29 is 9.53 Å². The molecule has 0 aliphatic carbocycles. The summed E-state index contributed by atoms with van der Waals surface area (Å²) in [5, 5.41) is 0. The molecule has 2 N–H and O–H groups in total. The van der Waals surface area contributed by atoms with Gasteiger partial charge in [0.15, 0.2) is 0 Å². The van der Waals surface area contributed by atoms with E-state index in [0.29, 0.717) is 6.04 Å². The maximum atomic E-state index is 10.2. The van der Waals surface area contributed by atoms with Crippen LogP contribution in [0.4, 0.5) is 0 Å². The predicted molar refractivity (Wildman–Crippen MR) is 56.7 cm³/mol. The average molecular weight is 202 g/mol. The molecule has 0 spiro atoms. The summed E-state index contributed by atoms with van der Waals surface area (Å²) >= 11 is 0. The fourth-order valence-corrected chi connectivity index (χ4v) is 1.04. The van der Waals surface area contributed by atoms with E-state index in [9.17, 15) is 4.79 Å². The van der Waals surface area contributed by atoms with Crippen LogP contribution >= 0.6 is 0 Å². The number of hydrogen-bond donors (Lipinski definition) is 2. The van der Waals surface area contributed by atoms with E-state index in [2.05, 4.69) is 17.8 Å². The van der Waals surface area contributed by atoms with Crippen LogP contribution in [0.25, 0.3) is 0 Å². The second-order valence-corrected chi connectivity index (χ2v) is 4.47. The molecule has 14 heavy (non-hydrogen) atoms. The average Bonchev–Trinajstić information content (AvgIpc) is 2.34. The summed E-state index contributed by atoms with van der Waals surface area (Å²) in [6.07, 6.45) is 1.26. The minimum atomic E-state index is -0.328. The van der Waals surface area contributed by atoms with Crippen molar-refractivity contribution in [2.45, 2.75) is 52.7 Å². The normalized spacial score (nSPS) is 21.1. The van der Waals surface area contributed by atoms with Gasteiger partial charge in [-0.15, -0.1) is 0 Å². The molecule has 4 nitrogen and oxygen atoms in total. The number of rotatable bonds is 0. The molecule has 1 unspecified atom stereocenters. The predicted octanol–water partition coefficient (Wildman–Crippen LogP) is 1.22. The third-order valence-electron chi connectivity index (χ3n) is 1.50. The zero-order valence-corrected chi connectivity index (χ0v) is 9.81. The second-order valence-electron chi connectivity index (χ2n) is 4.47. The molecule has 1 atom stereocenters. The molecule has 0 aromatic rings. The Kier molecular flexibility index (Phi) is 5.72. The fraction of sp³-hybridized carbons (Fsp3) is 0.900. The lowest BCUT2D eigenvalue weighted by atomic mass is 10.2. The highest BCUT2D eigenvalue weighted by atomic mass is 16.6. The van der Waals surface area contributed by atoms with Crippen molar-refractivity contribution in [1.82, 2.24) is 10.9 Å². The molecule has 1 saturated heterocycles. The van der Waals surface area contributed by atoms with Gasteiger partial charge in [0.2, 0.25) is 0 Å². The summed E-state index contributed by atoms with van der Waals surface area (Å²) in [5.41, 5.74) is 5.76. The van der Waals surface area contributed by atoms with Crippen LogP contribution in [0, 0.1) is 0 Å². The smallest absolute Gasteiger partial charge is 0.303 e. The zero-order chi connectivity index (χ0) is 11.2. The molecule has 0 amide bonds. The Labute approximate surface area is 86.4 Å². The van der Waals surface area contributed by atoms with Crippen LogP contribution in [-0.2, 0) is 9.53 Å². The Morgan fingerprint density at radius 1 is 1.43 bits per heavy atom. The van der Waals surface area contributed by atoms with E-state index in [0.717, 1.165) is 6.54 Å². The molecular weight excluding hydrogens is 180 g/mol. The van der Waals surface area contributed by atoms with Crippen LogP contribution in [0.3, 0.4) is 0 Å². The number of nitrogens with one attached hydrogen (secondary N) is 2. The van der Waals surface area contributed by atoms with E-state index in [1.165, 1.54) is 13.3 Å². The van der Waals surface area contributed by atoms with Crippen LogP contribution in [0.2, 0.25) is 0 Å². The molecule has 1 heterocycles. The number of carbonyl (C=O) groups excluding carboxylic acids is 1. The van der Waals surface area contributed by atoms with Crippen molar-refractivity contribution >= 4 is 5.97 Å². The Balaban J connectivity index is 0.000000249. The van der Waals surface area contributed by atoms with Crippen molar-refractivity contribution in [2.75, 3.05) is 6.54 Å². The zero-order valence-electron chi connectivity index (χ0n) is 9.81. The summed E-state index contributed by atoms with van der Waals surface area (Å²) in [6.45, 7) is 10.2. The highest BCUT2D eigenvalue weighted by Gasteiger charge is 2.11. The van der Waals surface area contributed by atoms with Gasteiger partial charge in [0.1, 0.15) is 5.60 Å². The summed E-state index contributed by atoms with van der Waals surface area (Å²) in [4.78, 5) is 10.2. The molecule has 1 aliphatic heterocycles. The number of hydrazine groups is 1. The van der Waals surface area contributed by atoms with E-state index >= 15 is 0 Å². The molecule has 0 saturated carbocycles. The van der Waals surface area contributed by atoms with E-state index in [1.54, 1.807) is 0 Å². The van der Waals surface area contributed by atoms with Crippen LogP contribution in [0.5, 0.6) is 0 Å². The minimum absolute atomic E-state index is 0.225. The van der Waals surface area contributed by atoms with Gasteiger partial charge in [-0.2, -0.15) is 0 Å². The first-order chi connectivity index (χ1) is 6.31. The van der Waals surface area contributed by atoms with Crippen molar-refractivity contribution in [2.24, 2.45) is 0 Å². The van der Waals surface area contributed by atoms with Gasteiger partial charge in [-0.3, -0.25) is 15.6 Å². The molecule has 4 heteroatoms. The van der Waals surface area contributed by atoms with Crippen molar-refractivity contribution in [3.05, 3.63) is 0 Å². The summed E-state index contributed by atoms with van der Waals surface area (Å²) < 4.78 is 4.80. The van der Waals surface area contributed by atoms with Gasteiger partial charge in [-0.25, -0.2) is 0 Å². The fourth-order valence-electron chi connectivity index (χ4n) is 1.04. The lowest BCUT2D eigenvalue weighted by Crippen LogP contribution is -2.27. The Bertz CT molecular complexity index is 169. The Hall–Kier alpha value is -0.610. The van der Waals surface area contributed by atoms with Gasteiger partial charge in [0.05, 0.1) is 0 Å². The third kappa shape index (κ3) is 9.48. The standard InChI is InChI=1S/C6H12O2.C4H10N2/c1-5(7)8-6(2,3)4;1-4-2-3-5-6-4/h1-4H3;4-6H,2-3H2,1H3. The van der Waals surface area contributed by atoms with Crippen LogP contribution in [0.1, 0.15) is 41.0 Å². The van der Waals surface area contributed by atoms with Gasteiger partial charge in [-0.1, -0.05) is 0 Å². The summed E-state index contributed by atoms with van der Waals surface area (Å²) in [6, 6.07) is 0.685. The molecule has 0 bridgehead atoms. The van der Waals surface area contributed by atoms with Gasteiger partial charge < -0.3 is 4.74 Å². The molecule has 1 rings (SSSR count). The highest BCUT2D eigenvalue weighted by Crippen LogP contribution is 2.05.